The van der Waals surface area contributed by atoms with Crippen LogP contribution >= 0.6 is 23.2 Å². The Morgan fingerprint density at radius 2 is 1.88 bits per heavy atom. The number of benzene rings is 1. The van der Waals surface area contributed by atoms with E-state index >= 15 is 0 Å². The number of imide groups is 1. The van der Waals surface area contributed by atoms with Crippen molar-refractivity contribution in [1.82, 2.24) is 10.6 Å². The Bertz CT molecular complexity index is 404. The first-order valence-corrected chi connectivity index (χ1v) is 5.77. The number of urea groups is 1. The molecule has 1 atom stereocenters. The maximum absolute atomic E-state index is 11.3. The summed E-state index contributed by atoms with van der Waals surface area (Å²) >= 11 is 11.2. The van der Waals surface area contributed by atoms with Gasteiger partial charge >= 0.3 is 6.03 Å². The second-order valence-electron chi connectivity index (χ2n) is 3.41. The second-order valence-corrected chi connectivity index (χ2v) is 4.51. The molecule has 6 heteroatoms. The summed E-state index contributed by atoms with van der Waals surface area (Å²) in [6.45, 7) is 1.80. The zero-order chi connectivity index (χ0) is 12.8. The maximum Gasteiger partial charge on any atom is 0.321 e. The van der Waals surface area contributed by atoms with Crippen molar-refractivity contribution in [2.45, 2.75) is 18.8 Å². The largest absolute Gasteiger partial charge is 0.334 e. The molecule has 1 aromatic carbocycles. The molecule has 0 aliphatic carbocycles. The van der Waals surface area contributed by atoms with E-state index in [2.05, 4.69) is 10.6 Å². The number of carbonyl (C=O) groups is 2. The van der Waals surface area contributed by atoms with Crippen molar-refractivity contribution >= 4 is 35.1 Å². The Hall–Kier alpha value is -1.26. The molecule has 0 bridgehead atoms. The van der Waals surface area contributed by atoms with Crippen LogP contribution in [0.1, 0.15) is 12.5 Å². The molecule has 0 aromatic heterocycles. The van der Waals surface area contributed by atoms with E-state index in [4.69, 9.17) is 23.2 Å². The topological polar surface area (TPSA) is 58.2 Å². The lowest BCUT2D eigenvalue weighted by molar-refractivity contribution is -0.119. The average Bonchev–Trinajstić information content (AvgIpc) is 2.28. The second kappa shape index (κ2) is 6.47. The average molecular weight is 275 g/mol. The summed E-state index contributed by atoms with van der Waals surface area (Å²) in [6.07, 6.45) is 0. The monoisotopic (exact) mass is 274 g/mol. The Morgan fingerprint density at radius 3 is 2.41 bits per heavy atom. The van der Waals surface area contributed by atoms with E-state index in [1.807, 2.05) is 0 Å². The number of nitrogens with one attached hydrogen (secondary N) is 2. The molecule has 92 valence electrons. The van der Waals surface area contributed by atoms with Crippen LogP contribution in [0, 0.1) is 0 Å². The molecule has 2 N–H and O–H groups in total. The Labute approximate surface area is 109 Å². The molecule has 1 rings (SSSR count). The molecular formula is C11H12Cl2N2O2. The van der Waals surface area contributed by atoms with Crippen LogP contribution in [0.15, 0.2) is 24.3 Å². The molecule has 0 saturated heterocycles. The van der Waals surface area contributed by atoms with Gasteiger partial charge in [0.1, 0.15) is 5.38 Å². The van der Waals surface area contributed by atoms with Gasteiger partial charge < -0.3 is 5.32 Å². The number of halogens is 2. The van der Waals surface area contributed by atoms with Gasteiger partial charge in [0.25, 0.3) is 0 Å². The molecule has 1 aromatic rings. The SMILES string of the molecule is CC(Cl)C(=O)NC(=O)NCc1ccc(Cl)cc1. The molecule has 17 heavy (non-hydrogen) atoms. The molecule has 4 nitrogen and oxygen atoms in total. The van der Waals surface area contributed by atoms with E-state index in [0.717, 1.165) is 5.56 Å². The van der Waals surface area contributed by atoms with Crippen LogP contribution in [-0.2, 0) is 11.3 Å². The molecule has 0 aliphatic rings. The van der Waals surface area contributed by atoms with Gasteiger partial charge in [0.05, 0.1) is 0 Å². The fraction of sp³-hybridized carbons (Fsp3) is 0.273. The van der Waals surface area contributed by atoms with E-state index in [1.165, 1.54) is 6.92 Å². The van der Waals surface area contributed by atoms with E-state index < -0.39 is 17.3 Å². The van der Waals surface area contributed by atoms with Gasteiger partial charge in [0, 0.05) is 11.6 Å². The third kappa shape index (κ3) is 5.06. The minimum Gasteiger partial charge on any atom is -0.334 e. The van der Waals surface area contributed by atoms with Crippen molar-refractivity contribution in [3.63, 3.8) is 0 Å². The number of hydrogen-bond donors (Lipinski definition) is 2. The van der Waals surface area contributed by atoms with Crippen molar-refractivity contribution in [3.8, 4) is 0 Å². The number of alkyl halides is 1. The van der Waals surface area contributed by atoms with Crippen LogP contribution in [0.3, 0.4) is 0 Å². The van der Waals surface area contributed by atoms with Crippen molar-refractivity contribution in [3.05, 3.63) is 34.9 Å². The third-order valence-corrected chi connectivity index (χ3v) is 2.41. The zero-order valence-corrected chi connectivity index (χ0v) is 10.7. The van der Waals surface area contributed by atoms with Crippen LogP contribution < -0.4 is 10.6 Å². The lowest BCUT2D eigenvalue weighted by Gasteiger charge is -2.07. The highest BCUT2D eigenvalue weighted by molar-refractivity contribution is 6.31. The summed E-state index contributed by atoms with van der Waals surface area (Å²) in [5, 5.41) is 4.54. The summed E-state index contributed by atoms with van der Waals surface area (Å²) in [5.74, 6) is -0.528. The summed E-state index contributed by atoms with van der Waals surface area (Å²) in [4.78, 5) is 22.4. The number of rotatable bonds is 3. The molecule has 0 radical (unpaired) electrons. The summed E-state index contributed by atoms with van der Waals surface area (Å²) in [5.41, 5.74) is 0.885. The molecule has 3 amide bonds. The predicted octanol–water partition coefficient (Wildman–Crippen LogP) is 2.29. The normalized spacial score (nSPS) is 11.7. The molecule has 0 saturated carbocycles. The van der Waals surface area contributed by atoms with E-state index in [-0.39, 0.29) is 0 Å². The van der Waals surface area contributed by atoms with Crippen LogP contribution in [0.4, 0.5) is 4.79 Å². The van der Waals surface area contributed by atoms with E-state index in [1.54, 1.807) is 24.3 Å². The van der Waals surface area contributed by atoms with Gasteiger partial charge in [-0.25, -0.2) is 4.79 Å². The summed E-state index contributed by atoms with van der Waals surface area (Å²) < 4.78 is 0. The van der Waals surface area contributed by atoms with E-state index in [9.17, 15) is 9.59 Å². The lowest BCUT2D eigenvalue weighted by atomic mass is 10.2. The predicted molar refractivity (Wildman–Crippen MR) is 67.1 cm³/mol. The molecule has 0 spiro atoms. The van der Waals surface area contributed by atoms with Crippen molar-refractivity contribution in [2.24, 2.45) is 0 Å². The van der Waals surface area contributed by atoms with Gasteiger partial charge in [-0.15, -0.1) is 11.6 Å². The van der Waals surface area contributed by atoms with Crippen LogP contribution in [-0.4, -0.2) is 17.3 Å². The van der Waals surface area contributed by atoms with Gasteiger partial charge in [0.2, 0.25) is 5.91 Å². The fourth-order valence-corrected chi connectivity index (χ4v) is 1.22. The van der Waals surface area contributed by atoms with Gasteiger partial charge in [0.15, 0.2) is 0 Å². The number of amides is 3. The number of carbonyl (C=O) groups excluding carboxylic acids is 2. The number of hydrogen-bond acceptors (Lipinski definition) is 2. The van der Waals surface area contributed by atoms with Crippen LogP contribution in [0.2, 0.25) is 5.02 Å². The van der Waals surface area contributed by atoms with Crippen molar-refractivity contribution in [2.75, 3.05) is 0 Å². The van der Waals surface area contributed by atoms with Gasteiger partial charge in [-0.05, 0) is 24.6 Å². The summed E-state index contributed by atoms with van der Waals surface area (Å²) in [7, 11) is 0. The summed E-state index contributed by atoms with van der Waals surface area (Å²) in [6, 6.07) is 6.45. The molecule has 1 unspecified atom stereocenters. The Kier molecular flexibility index (Phi) is 5.25. The van der Waals surface area contributed by atoms with Crippen LogP contribution in [0.25, 0.3) is 0 Å². The highest BCUT2D eigenvalue weighted by Gasteiger charge is 2.12. The third-order valence-electron chi connectivity index (χ3n) is 1.96. The quantitative estimate of drug-likeness (QED) is 0.831. The van der Waals surface area contributed by atoms with Crippen molar-refractivity contribution in [1.29, 1.82) is 0 Å². The highest BCUT2D eigenvalue weighted by Crippen LogP contribution is 2.08. The van der Waals surface area contributed by atoms with Crippen molar-refractivity contribution < 1.29 is 9.59 Å². The molecule has 0 heterocycles. The molecular weight excluding hydrogens is 263 g/mol. The first-order valence-electron chi connectivity index (χ1n) is 4.96. The molecule has 0 fully saturated rings. The Morgan fingerprint density at radius 1 is 1.29 bits per heavy atom. The lowest BCUT2D eigenvalue weighted by Crippen LogP contribution is -2.41. The zero-order valence-electron chi connectivity index (χ0n) is 9.17. The first-order chi connectivity index (χ1) is 7.99. The van der Waals surface area contributed by atoms with Crippen LogP contribution in [0.5, 0.6) is 0 Å². The maximum atomic E-state index is 11.3. The minimum atomic E-state index is -0.740. The fourth-order valence-electron chi connectivity index (χ4n) is 1.04. The smallest absolute Gasteiger partial charge is 0.321 e. The Balaban J connectivity index is 2.38. The first kappa shape index (κ1) is 13.8. The van der Waals surface area contributed by atoms with E-state index in [0.29, 0.717) is 11.6 Å². The minimum absolute atomic E-state index is 0.312. The molecule has 0 aliphatic heterocycles. The van der Waals surface area contributed by atoms with Gasteiger partial charge in [-0.1, -0.05) is 23.7 Å². The highest BCUT2D eigenvalue weighted by atomic mass is 35.5. The van der Waals surface area contributed by atoms with Gasteiger partial charge in [-0.3, -0.25) is 10.1 Å². The standard InChI is InChI=1S/C11H12Cl2N2O2/c1-7(12)10(16)15-11(17)14-6-8-2-4-9(13)5-3-8/h2-5,7H,6H2,1H3,(H2,14,15,16,17). The van der Waals surface area contributed by atoms with Gasteiger partial charge in [-0.2, -0.15) is 0 Å².